The number of rotatable bonds is 11. The number of halogens is 2. The van der Waals surface area contributed by atoms with Gasteiger partial charge in [0.15, 0.2) is 5.82 Å². The number of β-amino-alcohol motifs (C(OH)–C–C–N with tert-alkyl or cyclic N) is 1. The molecule has 6 saturated heterocycles. The lowest BCUT2D eigenvalue weighted by Gasteiger charge is -2.61. The molecule has 4 atom stereocenters. The molecule has 1 aliphatic carbocycles. The summed E-state index contributed by atoms with van der Waals surface area (Å²) in [7, 11) is 1.74. The molecule has 1 unspecified atom stereocenters. The van der Waals surface area contributed by atoms with Crippen LogP contribution < -0.4 is 20.6 Å². The van der Waals surface area contributed by atoms with Gasteiger partial charge in [0.25, 0.3) is 0 Å². The van der Waals surface area contributed by atoms with Gasteiger partial charge in [-0.05, 0) is 162 Å². The number of hydrogen-bond acceptors (Lipinski definition) is 14. The molecule has 7 fully saturated rings. The van der Waals surface area contributed by atoms with Gasteiger partial charge in [-0.25, -0.2) is 18.4 Å². The molecule has 3 aromatic heterocycles. The van der Waals surface area contributed by atoms with E-state index in [0.29, 0.717) is 90.3 Å². The van der Waals surface area contributed by atoms with Gasteiger partial charge in [-0.3, -0.25) is 33.9 Å². The molecule has 6 aliphatic heterocycles. The van der Waals surface area contributed by atoms with E-state index in [1.807, 2.05) is 22.8 Å². The lowest BCUT2D eigenvalue weighted by molar-refractivity contribution is -0.135. The van der Waals surface area contributed by atoms with E-state index in [4.69, 9.17) is 19.4 Å². The van der Waals surface area contributed by atoms with E-state index in [2.05, 4.69) is 32.2 Å². The number of imide groups is 1. The Morgan fingerprint density at radius 2 is 1.71 bits per heavy atom. The Bertz CT molecular complexity index is 3530. The summed E-state index contributed by atoms with van der Waals surface area (Å²) >= 11 is 0. The van der Waals surface area contributed by atoms with Gasteiger partial charge >= 0.3 is 17.8 Å². The molecule has 3 aromatic carbocycles. The van der Waals surface area contributed by atoms with Crippen LogP contribution in [0, 0.1) is 17.0 Å². The first-order valence-corrected chi connectivity index (χ1v) is 28.4. The summed E-state index contributed by atoms with van der Waals surface area (Å²) in [5, 5.41) is 25.7. The standard InChI is InChI=1S/C59H68F2N10O8/c1-4-40-43(60)9-7-36-23-39(72)25-41(48(36)40)50-49(61)51-42(28-62-50)52(68-19-5-16-57(2,77)30-68)65-54(64-51)79-33-59-17-6-20-70(59)37(13-18-59)29-78-56(76)69-31-58(32-69)26-38(27-58)67-21-14-34(15-22-67)35-8-10-44-46(24-35)66(3)55(75)71(44)45-11-12-47(73)63-53(45)74/h7-10,23-25,28,34,37-38,45,72,77H,4-6,11-22,26-27,29-33H2,1-3H3,(H,63,73,74)/t37-,45?,57+,59-/m0/s1. The van der Waals surface area contributed by atoms with Crippen molar-refractivity contribution in [1.29, 1.82) is 0 Å². The number of anilines is 1. The molecular formula is C59H68F2N10O8. The third-order valence-electron chi connectivity index (χ3n) is 19.1. The van der Waals surface area contributed by atoms with Crippen molar-refractivity contribution in [2.24, 2.45) is 12.5 Å². The van der Waals surface area contributed by atoms with Crippen LogP contribution in [0.5, 0.6) is 11.8 Å². The van der Waals surface area contributed by atoms with Crippen molar-refractivity contribution in [3.8, 4) is 23.0 Å². The molecule has 3 amide bonds. The lowest BCUT2D eigenvalue weighted by atomic mass is 9.60. The minimum absolute atomic E-state index is 0.0127. The summed E-state index contributed by atoms with van der Waals surface area (Å²) in [6.45, 7) is 9.13. The van der Waals surface area contributed by atoms with Crippen LogP contribution >= 0.6 is 0 Å². The lowest BCUT2D eigenvalue weighted by Crippen LogP contribution is -2.68. The average Bonchev–Trinajstić information content (AvgIpc) is 4.24. The fraction of sp³-hybridized carbons (Fsp3) is 0.542. The molecular weight excluding hydrogens is 1010 g/mol. The molecule has 13 rings (SSSR count). The normalized spacial score (nSPS) is 25.8. The minimum atomic E-state index is -1.00. The third kappa shape index (κ3) is 8.96. The highest BCUT2D eigenvalue weighted by Crippen LogP contribution is 2.52. The summed E-state index contributed by atoms with van der Waals surface area (Å²) in [5.41, 5.74) is 1.71. The zero-order valence-electron chi connectivity index (χ0n) is 45.1. The van der Waals surface area contributed by atoms with Crippen LogP contribution in [0.25, 0.3) is 44.0 Å². The number of nitrogens with zero attached hydrogens (tertiary/aromatic N) is 9. The number of aryl methyl sites for hydroxylation is 2. The molecule has 3 N–H and O–H groups in total. The number of aliphatic hydroxyl groups is 1. The van der Waals surface area contributed by atoms with Crippen LogP contribution in [0.3, 0.4) is 0 Å². The van der Waals surface area contributed by atoms with Crippen molar-refractivity contribution in [1.82, 2.24) is 44.1 Å². The monoisotopic (exact) mass is 1080 g/mol. The van der Waals surface area contributed by atoms with E-state index < -0.39 is 29.2 Å². The second-order valence-electron chi connectivity index (χ2n) is 24.2. The number of phenols is 1. The van der Waals surface area contributed by atoms with Gasteiger partial charge in [0.2, 0.25) is 11.8 Å². The first kappa shape index (κ1) is 51.7. The number of carbonyl (C=O) groups is 3. The maximum Gasteiger partial charge on any atom is 0.409 e. The Kier molecular flexibility index (Phi) is 12.7. The smallest absolute Gasteiger partial charge is 0.409 e. The Morgan fingerprint density at radius 3 is 2.48 bits per heavy atom. The summed E-state index contributed by atoms with van der Waals surface area (Å²) in [6, 6.07) is 11.8. The third-order valence-corrected chi connectivity index (χ3v) is 19.1. The summed E-state index contributed by atoms with van der Waals surface area (Å²) in [4.78, 5) is 74.3. The Labute approximate surface area is 455 Å². The molecule has 18 nitrogen and oxygen atoms in total. The van der Waals surface area contributed by atoms with Gasteiger partial charge in [-0.1, -0.05) is 19.1 Å². The Morgan fingerprint density at radius 1 is 0.911 bits per heavy atom. The zero-order valence-corrected chi connectivity index (χ0v) is 45.1. The molecule has 1 spiro atoms. The average molecular weight is 1080 g/mol. The highest BCUT2D eigenvalue weighted by molar-refractivity contribution is 6.02. The first-order valence-electron chi connectivity index (χ1n) is 28.4. The van der Waals surface area contributed by atoms with Gasteiger partial charge in [0.1, 0.15) is 47.9 Å². The first-order chi connectivity index (χ1) is 38.0. The molecule has 7 aliphatic rings. The predicted molar refractivity (Wildman–Crippen MR) is 291 cm³/mol. The van der Waals surface area contributed by atoms with Gasteiger partial charge in [-0.2, -0.15) is 9.97 Å². The van der Waals surface area contributed by atoms with Crippen LogP contribution in [-0.4, -0.2) is 149 Å². The number of amides is 3. The van der Waals surface area contributed by atoms with Gasteiger partial charge in [-0.15, -0.1) is 0 Å². The predicted octanol–water partition coefficient (Wildman–Crippen LogP) is 7.23. The van der Waals surface area contributed by atoms with E-state index in [1.54, 1.807) is 24.6 Å². The van der Waals surface area contributed by atoms with Crippen LogP contribution in [0.15, 0.2) is 53.5 Å². The van der Waals surface area contributed by atoms with E-state index in [-0.39, 0.29) is 89.4 Å². The van der Waals surface area contributed by atoms with E-state index in [0.717, 1.165) is 76.5 Å². The summed E-state index contributed by atoms with van der Waals surface area (Å²) < 4.78 is 48.3. The quantitative estimate of drug-likeness (QED) is 0.110. The van der Waals surface area contributed by atoms with Crippen molar-refractivity contribution in [2.75, 3.05) is 63.9 Å². The highest BCUT2D eigenvalue weighted by Gasteiger charge is 2.56. The fourth-order valence-electron chi connectivity index (χ4n) is 15.0. The second-order valence-corrected chi connectivity index (χ2v) is 24.2. The molecule has 6 aromatic rings. The van der Waals surface area contributed by atoms with Crippen LogP contribution in [0.1, 0.15) is 114 Å². The largest absolute Gasteiger partial charge is 0.508 e. The minimum Gasteiger partial charge on any atom is -0.508 e. The Hall–Kier alpha value is -6.77. The van der Waals surface area contributed by atoms with Crippen molar-refractivity contribution >= 4 is 56.4 Å². The van der Waals surface area contributed by atoms with E-state index in [9.17, 15) is 29.4 Å². The molecule has 79 heavy (non-hydrogen) atoms. The number of ether oxygens (including phenoxy) is 2. The number of piperidine rings is 3. The van der Waals surface area contributed by atoms with E-state index >= 15 is 8.78 Å². The number of hydrogen-bond donors (Lipinski definition) is 3. The van der Waals surface area contributed by atoms with Gasteiger partial charge in [0, 0.05) is 68.9 Å². The Balaban J connectivity index is 0.630. The highest BCUT2D eigenvalue weighted by atomic mass is 19.1. The molecule has 0 bridgehead atoms. The van der Waals surface area contributed by atoms with Crippen LogP contribution in [0.2, 0.25) is 0 Å². The number of likely N-dealkylation sites (tertiary alicyclic amines) is 2. The SMILES string of the molecule is CCc1c(F)ccc2cc(O)cc(-c3ncc4c(N5CCC[C@@](C)(O)C5)nc(OC[C@@]56CCCN5[C@H](COC(=O)N5CC7(CC(N8CCC(c9ccc%10c(c9)n(C)c(=O)n%10C9CCC(=O)NC9=O)CC8)C7)C5)CC6)nc4c3F)c12. The topological polar surface area (TPSA) is 201 Å². The van der Waals surface area contributed by atoms with Gasteiger partial charge < -0.3 is 34.4 Å². The number of carbonyl (C=O) groups excluding carboxylic acids is 3. The number of benzene rings is 3. The number of pyridine rings is 1. The number of imidazole rings is 1. The maximum absolute atomic E-state index is 17.3. The van der Waals surface area contributed by atoms with Crippen molar-refractivity contribution in [3.05, 3.63) is 81.9 Å². The van der Waals surface area contributed by atoms with Crippen molar-refractivity contribution < 1.29 is 42.9 Å². The molecule has 416 valence electrons. The second kappa shape index (κ2) is 19.5. The number of aromatic nitrogens is 5. The maximum atomic E-state index is 17.3. The fourth-order valence-corrected chi connectivity index (χ4v) is 15.0. The number of aromatic hydroxyl groups is 1. The number of fused-ring (bicyclic) bond motifs is 4. The molecule has 1 saturated carbocycles. The van der Waals surface area contributed by atoms with Crippen LogP contribution in [0.4, 0.5) is 19.4 Å². The van der Waals surface area contributed by atoms with Gasteiger partial charge in [0.05, 0.1) is 27.6 Å². The number of phenolic OH excluding ortho intramolecular Hbond substituents is 1. The van der Waals surface area contributed by atoms with Crippen LogP contribution in [-0.2, 0) is 27.8 Å². The van der Waals surface area contributed by atoms with Crippen molar-refractivity contribution in [3.63, 3.8) is 0 Å². The summed E-state index contributed by atoms with van der Waals surface area (Å²) in [5.74, 6) is -1.29. The zero-order chi connectivity index (χ0) is 54.7. The molecule has 9 heterocycles. The van der Waals surface area contributed by atoms with E-state index in [1.165, 1.54) is 34.5 Å². The number of nitrogens with one attached hydrogen (secondary N) is 1. The molecule has 0 radical (unpaired) electrons. The molecule has 20 heteroatoms. The van der Waals surface area contributed by atoms with Crippen molar-refractivity contribution in [2.45, 2.75) is 133 Å². The summed E-state index contributed by atoms with van der Waals surface area (Å²) in [6.07, 6.45) is 10.9.